The molecule has 16 heavy (non-hydrogen) atoms. The van der Waals surface area contributed by atoms with E-state index in [4.69, 9.17) is 9.84 Å². The molecule has 0 heterocycles. The predicted octanol–water partition coefficient (Wildman–Crippen LogP) is 0.557. The topological polar surface area (TPSA) is 75.6 Å². The number of rotatable bonds is 4. The molecule has 0 bridgehead atoms. The Morgan fingerprint density at radius 1 is 1.44 bits per heavy atom. The SMILES string of the molecule is COC1CC(NC(=O)/C=C/C(=O)O)C1(C)C. The average molecular weight is 227 g/mol. The molecule has 1 aliphatic rings. The van der Waals surface area contributed by atoms with Crippen molar-refractivity contribution in [3.05, 3.63) is 12.2 Å². The quantitative estimate of drug-likeness (QED) is 0.688. The van der Waals surface area contributed by atoms with E-state index in [1.807, 2.05) is 13.8 Å². The second-order valence-electron chi connectivity index (χ2n) is 4.51. The number of nitrogens with one attached hydrogen (secondary N) is 1. The Hall–Kier alpha value is -1.36. The van der Waals surface area contributed by atoms with E-state index in [0.717, 1.165) is 18.6 Å². The number of carbonyl (C=O) groups excluding carboxylic acids is 1. The number of hydrogen-bond donors (Lipinski definition) is 2. The number of carbonyl (C=O) groups is 2. The van der Waals surface area contributed by atoms with Crippen molar-refractivity contribution < 1.29 is 19.4 Å². The second-order valence-corrected chi connectivity index (χ2v) is 4.51. The smallest absolute Gasteiger partial charge is 0.328 e. The fraction of sp³-hybridized carbons (Fsp3) is 0.636. The second kappa shape index (κ2) is 4.65. The van der Waals surface area contributed by atoms with Crippen LogP contribution in [0.4, 0.5) is 0 Å². The summed E-state index contributed by atoms with van der Waals surface area (Å²) in [4.78, 5) is 21.5. The molecule has 2 atom stereocenters. The zero-order chi connectivity index (χ0) is 12.3. The number of aliphatic carboxylic acids is 1. The Kier molecular flexibility index (Phi) is 3.70. The normalized spacial score (nSPS) is 27.4. The lowest BCUT2D eigenvalue weighted by Gasteiger charge is -2.51. The molecule has 1 rings (SSSR count). The molecule has 2 N–H and O–H groups in total. The van der Waals surface area contributed by atoms with Gasteiger partial charge >= 0.3 is 5.97 Å². The first kappa shape index (κ1) is 12.7. The van der Waals surface area contributed by atoms with Crippen LogP contribution in [0.5, 0.6) is 0 Å². The molecule has 0 spiro atoms. The van der Waals surface area contributed by atoms with Crippen molar-refractivity contribution in [3.63, 3.8) is 0 Å². The summed E-state index contributed by atoms with van der Waals surface area (Å²) >= 11 is 0. The van der Waals surface area contributed by atoms with E-state index in [0.29, 0.717) is 0 Å². The standard InChI is InChI=1S/C11H17NO4/c1-11(2)7(6-8(11)16-3)12-9(13)4-5-10(14)15/h4-5,7-8H,6H2,1-3H3,(H,12,13)(H,14,15)/b5-4+. The molecule has 0 aliphatic heterocycles. The highest BCUT2D eigenvalue weighted by molar-refractivity contribution is 5.94. The van der Waals surface area contributed by atoms with E-state index in [-0.39, 0.29) is 23.5 Å². The summed E-state index contributed by atoms with van der Waals surface area (Å²) in [6.07, 6.45) is 2.75. The third-order valence-corrected chi connectivity index (χ3v) is 3.16. The Morgan fingerprint density at radius 2 is 2.06 bits per heavy atom. The summed E-state index contributed by atoms with van der Waals surface area (Å²) in [5, 5.41) is 11.1. The third kappa shape index (κ3) is 2.61. The van der Waals surface area contributed by atoms with Crippen molar-refractivity contribution >= 4 is 11.9 Å². The van der Waals surface area contributed by atoms with Gasteiger partial charge < -0.3 is 15.2 Å². The van der Waals surface area contributed by atoms with Gasteiger partial charge in [-0.05, 0) is 6.42 Å². The van der Waals surface area contributed by atoms with Crippen LogP contribution in [0.15, 0.2) is 12.2 Å². The zero-order valence-electron chi connectivity index (χ0n) is 9.69. The van der Waals surface area contributed by atoms with Gasteiger partial charge in [0.1, 0.15) is 0 Å². The van der Waals surface area contributed by atoms with Crippen molar-refractivity contribution in [1.29, 1.82) is 0 Å². The summed E-state index contributed by atoms with van der Waals surface area (Å²) in [5.41, 5.74) is -0.110. The number of carboxylic acid groups (broad SMARTS) is 1. The summed E-state index contributed by atoms with van der Waals surface area (Å²) in [6, 6.07) is 0.0309. The molecule has 5 nitrogen and oxygen atoms in total. The summed E-state index contributed by atoms with van der Waals surface area (Å²) < 4.78 is 5.25. The highest BCUT2D eigenvalue weighted by Gasteiger charge is 2.48. The number of hydrogen-bond acceptors (Lipinski definition) is 3. The van der Waals surface area contributed by atoms with Crippen molar-refractivity contribution in [3.8, 4) is 0 Å². The van der Waals surface area contributed by atoms with Crippen LogP contribution in [0, 0.1) is 5.41 Å². The largest absolute Gasteiger partial charge is 0.478 e. The van der Waals surface area contributed by atoms with Crippen LogP contribution in [0.25, 0.3) is 0 Å². The van der Waals surface area contributed by atoms with Crippen molar-refractivity contribution in [1.82, 2.24) is 5.32 Å². The Labute approximate surface area is 94.5 Å². The molecule has 0 radical (unpaired) electrons. The summed E-state index contributed by atoms with van der Waals surface area (Å²) in [6.45, 7) is 4.02. The molecule has 5 heteroatoms. The first-order chi connectivity index (χ1) is 7.37. The molecule has 1 fully saturated rings. The lowest BCUT2D eigenvalue weighted by Crippen LogP contribution is -2.61. The first-order valence-electron chi connectivity index (χ1n) is 5.12. The van der Waals surface area contributed by atoms with E-state index >= 15 is 0 Å². The van der Waals surface area contributed by atoms with Crippen LogP contribution in [-0.4, -0.2) is 36.2 Å². The van der Waals surface area contributed by atoms with Gasteiger partial charge in [-0.25, -0.2) is 4.79 Å². The van der Waals surface area contributed by atoms with Gasteiger partial charge in [-0.1, -0.05) is 13.8 Å². The maximum Gasteiger partial charge on any atom is 0.328 e. The van der Waals surface area contributed by atoms with Crippen molar-refractivity contribution in [2.45, 2.75) is 32.4 Å². The Balaban J connectivity index is 2.46. The van der Waals surface area contributed by atoms with Crippen LogP contribution in [0.2, 0.25) is 0 Å². The van der Waals surface area contributed by atoms with Crippen LogP contribution in [-0.2, 0) is 14.3 Å². The molecule has 1 aliphatic carbocycles. The molecule has 0 aromatic rings. The minimum absolute atomic E-state index is 0.0309. The third-order valence-electron chi connectivity index (χ3n) is 3.16. The van der Waals surface area contributed by atoms with Gasteiger partial charge in [0.05, 0.1) is 6.10 Å². The lowest BCUT2D eigenvalue weighted by atomic mass is 9.64. The number of ether oxygens (including phenoxy) is 1. The van der Waals surface area contributed by atoms with Crippen LogP contribution >= 0.6 is 0 Å². The van der Waals surface area contributed by atoms with Gasteiger partial charge in [0.15, 0.2) is 0 Å². The van der Waals surface area contributed by atoms with Gasteiger partial charge in [-0.2, -0.15) is 0 Å². The average Bonchev–Trinajstić information content (AvgIpc) is 2.20. The highest BCUT2D eigenvalue weighted by atomic mass is 16.5. The molecule has 1 saturated carbocycles. The minimum Gasteiger partial charge on any atom is -0.478 e. The van der Waals surface area contributed by atoms with Crippen LogP contribution in [0.1, 0.15) is 20.3 Å². The number of methoxy groups -OCH3 is 1. The van der Waals surface area contributed by atoms with E-state index < -0.39 is 5.97 Å². The van der Waals surface area contributed by atoms with E-state index in [2.05, 4.69) is 5.32 Å². The van der Waals surface area contributed by atoms with E-state index in [9.17, 15) is 9.59 Å². The predicted molar refractivity (Wildman–Crippen MR) is 57.9 cm³/mol. The summed E-state index contributed by atoms with van der Waals surface area (Å²) in [5.74, 6) is -1.51. The zero-order valence-corrected chi connectivity index (χ0v) is 9.69. The summed E-state index contributed by atoms with van der Waals surface area (Å²) in [7, 11) is 1.65. The first-order valence-corrected chi connectivity index (χ1v) is 5.12. The minimum atomic E-state index is -1.13. The molecule has 2 unspecified atom stereocenters. The molecule has 90 valence electrons. The molecule has 0 aromatic heterocycles. The molecule has 0 aromatic carbocycles. The number of carboxylic acids is 1. The van der Waals surface area contributed by atoms with Crippen molar-refractivity contribution in [2.75, 3.05) is 7.11 Å². The molecular weight excluding hydrogens is 210 g/mol. The lowest BCUT2D eigenvalue weighted by molar-refractivity contribution is -0.132. The van der Waals surface area contributed by atoms with Crippen molar-refractivity contribution in [2.24, 2.45) is 5.41 Å². The van der Waals surface area contributed by atoms with Gasteiger partial charge in [-0.15, -0.1) is 0 Å². The monoisotopic (exact) mass is 227 g/mol. The van der Waals surface area contributed by atoms with Gasteiger partial charge in [0.2, 0.25) is 5.91 Å². The maximum atomic E-state index is 11.3. The molecule has 0 saturated heterocycles. The number of amides is 1. The van der Waals surface area contributed by atoms with E-state index in [1.54, 1.807) is 7.11 Å². The van der Waals surface area contributed by atoms with Crippen LogP contribution < -0.4 is 5.32 Å². The maximum absolute atomic E-state index is 11.3. The van der Waals surface area contributed by atoms with Gasteiger partial charge in [0, 0.05) is 30.7 Å². The fourth-order valence-corrected chi connectivity index (χ4v) is 1.90. The van der Waals surface area contributed by atoms with Crippen LogP contribution in [0.3, 0.4) is 0 Å². The Bertz CT molecular complexity index is 322. The molecular formula is C11H17NO4. The highest BCUT2D eigenvalue weighted by Crippen LogP contribution is 2.42. The van der Waals surface area contributed by atoms with Gasteiger partial charge in [0.25, 0.3) is 0 Å². The molecule has 1 amide bonds. The fourth-order valence-electron chi connectivity index (χ4n) is 1.90. The Morgan fingerprint density at radius 3 is 2.50 bits per heavy atom. The van der Waals surface area contributed by atoms with E-state index in [1.165, 1.54) is 0 Å². The van der Waals surface area contributed by atoms with Gasteiger partial charge in [-0.3, -0.25) is 4.79 Å².